The number of amides is 1. The predicted octanol–water partition coefficient (Wildman–Crippen LogP) is 1.73. The number of hydrogen-bond acceptors (Lipinski definition) is 5. The van der Waals surface area contributed by atoms with Crippen molar-refractivity contribution >= 4 is 15.9 Å². The van der Waals surface area contributed by atoms with Gasteiger partial charge in [-0.3, -0.25) is 9.89 Å². The number of rotatable bonds is 5. The molecule has 2 aromatic heterocycles. The Balaban J connectivity index is 1.55. The number of H-pyrrole nitrogens is 1. The largest absolute Gasteiger partial charge is 0.348 e. The van der Waals surface area contributed by atoms with Crippen LogP contribution in [-0.4, -0.2) is 51.0 Å². The monoisotopic (exact) mass is 406 g/mol. The molecule has 1 saturated heterocycles. The molecule has 2 fully saturated rings. The molecule has 2 aliphatic rings. The molecule has 0 unspecified atom stereocenters. The van der Waals surface area contributed by atoms with Gasteiger partial charge in [-0.25, -0.2) is 13.4 Å². The summed E-state index contributed by atoms with van der Waals surface area (Å²) in [5, 5.41) is 10.1. The highest BCUT2D eigenvalue weighted by Crippen LogP contribution is 2.34. The normalized spacial score (nSPS) is 21.8. The van der Waals surface area contributed by atoms with Crippen LogP contribution in [-0.2, 0) is 17.1 Å². The highest BCUT2D eigenvalue weighted by Gasteiger charge is 2.37. The summed E-state index contributed by atoms with van der Waals surface area (Å²) in [7, 11) is -1.98. The van der Waals surface area contributed by atoms with Gasteiger partial charge >= 0.3 is 0 Å². The van der Waals surface area contributed by atoms with Crippen LogP contribution in [0.2, 0.25) is 0 Å². The third kappa shape index (κ3) is 3.70. The number of nitrogens with zero attached hydrogens (tertiary/aromatic N) is 4. The quantitative estimate of drug-likeness (QED) is 0.785. The molecule has 10 heteroatoms. The summed E-state index contributed by atoms with van der Waals surface area (Å²) < 4.78 is 29.3. The number of piperidine rings is 1. The zero-order valence-electron chi connectivity index (χ0n) is 16.0. The molecule has 1 saturated carbocycles. The first kappa shape index (κ1) is 19.1. The SMILES string of the molecule is Cn1cnc(S(=O)(=O)N2CCCC[C@@H]2c2cc(C(=O)NC3CCCC3)n[nH]2)c1. The van der Waals surface area contributed by atoms with Gasteiger partial charge in [0.2, 0.25) is 0 Å². The van der Waals surface area contributed by atoms with Crippen LogP contribution >= 0.6 is 0 Å². The number of aromatic amines is 1. The fraction of sp³-hybridized carbons (Fsp3) is 0.611. The Bertz CT molecular complexity index is 944. The van der Waals surface area contributed by atoms with Gasteiger partial charge in [0.25, 0.3) is 15.9 Å². The van der Waals surface area contributed by atoms with Crippen molar-refractivity contribution in [1.29, 1.82) is 0 Å². The Morgan fingerprint density at radius 2 is 1.96 bits per heavy atom. The van der Waals surface area contributed by atoms with Crippen molar-refractivity contribution in [3.05, 3.63) is 30.0 Å². The average molecular weight is 407 g/mol. The maximum absolute atomic E-state index is 13.1. The molecule has 0 radical (unpaired) electrons. The first-order valence-corrected chi connectivity index (χ1v) is 11.2. The van der Waals surface area contributed by atoms with E-state index in [-0.39, 0.29) is 23.0 Å². The molecule has 1 amide bonds. The number of carbonyl (C=O) groups is 1. The minimum absolute atomic E-state index is 0.0422. The highest BCUT2D eigenvalue weighted by molar-refractivity contribution is 7.89. The summed E-state index contributed by atoms with van der Waals surface area (Å²) in [5.74, 6) is -0.204. The minimum atomic E-state index is -3.72. The molecule has 152 valence electrons. The predicted molar refractivity (Wildman–Crippen MR) is 102 cm³/mol. The lowest BCUT2D eigenvalue weighted by Gasteiger charge is -2.33. The lowest BCUT2D eigenvalue weighted by atomic mass is 10.0. The number of nitrogens with one attached hydrogen (secondary N) is 2. The van der Waals surface area contributed by atoms with Crippen molar-refractivity contribution in [1.82, 2.24) is 29.4 Å². The second-order valence-electron chi connectivity index (χ2n) is 7.67. The zero-order valence-corrected chi connectivity index (χ0v) is 16.8. The summed E-state index contributed by atoms with van der Waals surface area (Å²) in [5.41, 5.74) is 0.957. The number of sulfonamides is 1. The van der Waals surface area contributed by atoms with Crippen LogP contribution < -0.4 is 5.32 Å². The molecule has 1 aliphatic heterocycles. The summed E-state index contributed by atoms with van der Waals surface area (Å²) in [6, 6.07) is 1.52. The Morgan fingerprint density at radius 3 is 2.68 bits per heavy atom. The topological polar surface area (TPSA) is 113 Å². The van der Waals surface area contributed by atoms with Gasteiger partial charge in [0.05, 0.1) is 18.1 Å². The smallest absolute Gasteiger partial charge is 0.271 e. The molecule has 3 heterocycles. The number of carbonyl (C=O) groups excluding carboxylic acids is 1. The van der Waals surface area contributed by atoms with Crippen LogP contribution in [0.4, 0.5) is 0 Å². The first-order chi connectivity index (χ1) is 13.4. The second kappa shape index (κ2) is 7.67. The van der Waals surface area contributed by atoms with Crippen LogP contribution in [0.15, 0.2) is 23.6 Å². The van der Waals surface area contributed by atoms with Gasteiger partial charge in [-0.2, -0.15) is 9.40 Å². The molecule has 9 nitrogen and oxygen atoms in total. The van der Waals surface area contributed by atoms with Gasteiger partial charge < -0.3 is 9.88 Å². The van der Waals surface area contributed by atoms with Crippen molar-refractivity contribution in [2.24, 2.45) is 7.05 Å². The average Bonchev–Trinajstić information content (AvgIpc) is 3.43. The molecular formula is C18H26N6O3S. The van der Waals surface area contributed by atoms with E-state index in [4.69, 9.17) is 0 Å². The van der Waals surface area contributed by atoms with Crippen LogP contribution in [0.3, 0.4) is 0 Å². The van der Waals surface area contributed by atoms with E-state index in [1.165, 1.54) is 16.8 Å². The summed E-state index contributed by atoms with van der Waals surface area (Å²) in [6.07, 6.45) is 9.66. The van der Waals surface area contributed by atoms with E-state index in [1.54, 1.807) is 17.7 Å². The van der Waals surface area contributed by atoms with E-state index < -0.39 is 10.0 Å². The zero-order chi connectivity index (χ0) is 19.7. The number of imidazole rings is 1. The Labute approximate surface area is 164 Å². The van der Waals surface area contributed by atoms with Crippen LogP contribution in [0.5, 0.6) is 0 Å². The van der Waals surface area contributed by atoms with Crippen molar-refractivity contribution in [2.75, 3.05) is 6.54 Å². The third-order valence-electron chi connectivity index (χ3n) is 5.59. The van der Waals surface area contributed by atoms with E-state index in [0.717, 1.165) is 38.5 Å². The Kier molecular flexibility index (Phi) is 5.24. The van der Waals surface area contributed by atoms with Gasteiger partial charge in [0.1, 0.15) is 5.69 Å². The van der Waals surface area contributed by atoms with Crippen molar-refractivity contribution in [2.45, 2.75) is 62.1 Å². The lowest BCUT2D eigenvalue weighted by molar-refractivity contribution is 0.0933. The van der Waals surface area contributed by atoms with Gasteiger partial charge in [-0.05, 0) is 31.7 Å². The van der Waals surface area contributed by atoms with Crippen molar-refractivity contribution in [3.63, 3.8) is 0 Å². The van der Waals surface area contributed by atoms with Crippen LogP contribution in [0.1, 0.15) is 67.2 Å². The van der Waals surface area contributed by atoms with Gasteiger partial charge in [0.15, 0.2) is 5.03 Å². The molecule has 1 aliphatic carbocycles. The fourth-order valence-electron chi connectivity index (χ4n) is 4.10. The van der Waals surface area contributed by atoms with Gasteiger partial charge in [-0.15, -0.1) is 0 Å². The van der Waals surface area contributed by atoms with E-state index in [0.29, 0.717) is 24.4 Å². The van der Waals surface area contributed by atoms with Crippen molar-refractivity contribution < 1.29 is 13.2 Å². The fourth-order valence-corrected chi connectivity index (χ4v) is 5.74. The van der Waals surface area contributed by atoms with Gasteiger partial charge in [0, 0.05) is 25.8 Å². The van der Waals surface area contributed by atoms with E-state index in [1.807, 2.05) is 0 Å². The molecule has 1 atom stereocenters. The third-order valence-corrected chi connectivity index (χ3v) is 7.38. The first-order valence-electron chi connectivity index (χ1n) is 9.81. The van der Waals surface area contributed by atoms with Crippen LogP contribution in [0.25, 0.3) is 0 Å². The number of hydrogen-bond donors (Lipinski definition) is 2. The maximum Gasteiger partial charge on any atom is 0.271 e. The maximum atomic E-state index is 13.1. The van der Waals surface area contributed by atoms with Gasteiger partial charge in [-0.1, -0.05) is 19.3 Å². The molecular weight excluding hydrogens is 380 g/mol. The minimum Gasteiger partial charge on any atom is -0.348 e. The van der Waals surface area contributed by atoms with Crippen molar-refractivity contribution in [3.8, 4) is 0 Å². The summed E-state index contributed by atoms with van der Waals surface area (Å²) in [6.45, 7) is 0.423. The Hall–Kier alpha value is -2.20. The molecule has 0 spiro atoms. The Morgan fingerprint density at radius 1 is 1.21 bits per heavy atom. The van der Waals surface area contributed by atoms with E-state index in [2.05, 4.69) is 20.5 Å². The highest BCUT2D eigenvalue weighted by atomic mass is 32.2. The van der Waals surface area contributed by atoms with E-state index >= 15 is 0 Å². The molecule has 0 bridgehead atoms. The summed E-state index contributed by atoms with van der Waals surface area (Å²) in [4.78, 5) is 16.5. The number of aromatic nitrogens is 4. The standard InChI is InChI=1S/C18H26N6O3S/c1-23-11-17(19-12-23)28(26,27)24-9-5-4-8-16(24)14-10-15(22-21-14)18(25)20-13-6-2-3-7-13/h10-13,16H,2-9H2,1H3,(H,20,25)(H,21,22)/t16-/m1/s1. The van der Waals surface area contributed by atoms with Crippen LogP contribution in [0, 0.1) is 0 Å². The molecule has 28 heavy (non-hydrogen) atoms. The lowest BCUT2D eigenvalue weighted by Crippen LogP contribution is -2.38. The molecule has 2 N–H and O–H groups in total. The van der Waals surface area contributed by atoms with E-state index in [9.17, 15) is 13.2 Å². The molecule has 0 aromatic carbocycles. The number of aryl methyl sites for hydroxylation is 1. The second-order valence-corrected chi connectivity index (χ2v) is 9.51. The summed E-state index contributed by atoms with van der Waals surface area (Å²) >= 11 is 0. The molecule has 4 rings (SSSR count). The molecule has 2 aromatic rings.